The second kappa shape index (κ2) is 9.83. The summed E-state index contributed by atoms with van der Waals surface area (Å²) in [6.07, 6.45) is 0.976. The maximum Gasteiger partial charge on any atom is 0.402 e. The minimum absolute atomic E-state index is 0.226. The number of benzene rings is 1. The van der Waals surface area contributed by atoms with Gasteiger partial charge in [-0.05, 0) is 79.9 Å². The monoisotopic (exact) mass is 741 g/mol. The summed E-state index contributed by atoms with van der Waals surface area (Å²) in [5, 5.41) is -2.71. The molecule has 27 heavy (non-hydrogen) atoms. The number of hydrogen-bond acceptors (Lipinski definition) is 6. The molecule has 0 aliphatic heterocycles. The topological polar surface area (TPSA) is 127 Å². The summed E-state index contributed by atoms with van der Waals surface area (Å²) in [4.78, 5) is 35.0. The second-order valence-corrected chi connectivity index (χ2v) is 9.65. The van der Waals surface area contributed by atoms with Gasteiger partial charge in [-0.3, -0.25) is 19.5 Å². The molecule has 8 nitrogen and oxygen atoms in total. The van der Waals surface area contributed by atoms with Gasteiger partial charge in [-0.2, -0.15) is 17.2 Å². The third-order valence-electron chi connectivity index (χ3n) is 2.60. The number of ether oxygens (including phenoxy) is 1. The van der Waals surface area contributed by atoms with Crippen molar-refractivity contribution in [1.82, 2.24) is 5.32 Å². The second-order valence-electron chi connectivity index (χ2n) is 4.62. The van der Waals surface area contributed by atoms with Crippen molar-refractivity contribution in [3.05, 3.63) is 40.6 Å². The number of carbonyl (C=O) groups is 3. The molecule has 1 aromatic carbocycles. The van der Waals surface area contributed by atoms with Crippen LogP contribution in [0, 0.1) is 10.7 Å². The van der Waals surface area contributed by atoms with Gasteiger partial charge >= 0.3 is 21.3 Å². The molecule has 148 valence electrons. The van der Waals surface area contributed by atoms with Crippen molar-refractivity contribution in [2.24, 2.45) is 0 Å². The van der Waals surface area contributed by atoms with Crippen molar-refractivity contribution >= 4 is 95.7 Å². The van der Waals surface area contributed by atoms with Gasteiger partial charge in [0.1, 0.15) is 0 Å². The molecule has 2 amide bonds. The van der Waals surface area contributed by atoms with Crippen molar-refractivity contribution in [2.45, 2.75) is 5.25 Å². The van der Waals surface area contributed by atoms with E-state index in [-0.39, 0.29) is 5.56 Å². The Bertz CT molecular complexity index is 919. The van der Waals surface area contributed by atoms with Crippen LogP contribution >= 0.6 is 67.8 Å². The van der Waals surface area contributed by atoms with Crippen LogP contribution in [0.25, 0.3) is 0 Å². The maximum atomic E-state index is 12.9. The third kappa shape index (κ3) is 7.46. The fourth-order valence-electron chi connectivity index (χ4n) is 1.36. The zero-order valence-corrected chi connectivity index (χ0v) is 20.0. The van der Waals surface area contributed by atoms with Crippen molar-refractivity contribution in [3.63, 3.8) is 0 Å². The number of rotatable bonds is 6. The Hall–Kier alpha value is -0.470. The summed E-state index contributed by atoms with van der Waals surface area (Å²) < 4.78 is 60.8. The molecule has 1 aromatic rings. The first-order valence-corrected chi connectivity index (χ1v) is 11.1. The smallest absolute Gasteiger partial charge is 0.402 e. The molecule has 0 aromatic heterocycles. The Morgan fingerprint density at radius 3 is 2.33 bits per heavy atom. The largest absolute Gasteiger partial charge is 0.455 e. The molecule has 2 N–H and O–H groups in total. The first kappa shape index (κ1) is 24.6. The van der Waals surface area contributed by atoms with Crippen LogP contribution in [0.5, 0.6) is 0 Å². The van der Waals surface area contributed by atoms with Gasteiger partial charge in [0.25, 0.3) is 11.8 Å². The molecule has 0 fully saturated rings. The fourth-order valence-corrected chi connectivity index (χ4v) is 3.97. The molecule has 0 aliphatic rings. The van der Waals surface area contributed by atoms with Crippen LogP contribution in [0.15, 0.2) is 24.3 Å². The highest BCUT2D eigenvalue weighted by atomic mass is 127. The molecular formula is C13H8F2I3NO7S. The number of hydrogen-bond donors (Lipinski definition) is 2. The van der Waals surface area contributed by atoms with Gasteiger partial charge in [-0.25, -0.2) is 4.79 Å². The SMILES string of the molecule is O=C(/C=C/C(=O)OCC(F)(F)S(=O)(=O)O)NC(=O)c1cc(I)cc(I)c1I. The predicted octanol–water partition coefficient (Wildman–Crippen LogP) is 2.34. The summed E-state index contributed by atoms with van der Waals surface area (Å²) in [5.74, 6) is -3.24. The summed E-state index contributed by atoms with van der Waals surface area (Å²) in [7, 11) is -5.75. The van der Waals surface area contributed by atoms with Gasteiger partial charge in [-0.15, -0.1) is 0 Å². The van der Waals surface area contributed by atoms with Crippen LogP contribution < -0.4 is 5.32 Å². The van der Waals surface area contributed by atoms with E-state index >= 15 is 0 Å². The lowest BCUT2D eigenvalue weighted by atomic mass is 10.2. The van der Waals surface area contributed by atoms with E-state index in [1.165, 1.54) is 0 Å². The minimum Gasteiger partial charge on any atom is -0.455 e. The number of carbonyl (C=O) groups excluding carboxylic acids is 3. The average Bonchev–Trinajstić information content (AvgIpc) is 2.53. The average molecular weight is 741 g/mol. The third-order valence-corrected chi connectivity index (χ3v) is 7.15. The molecular weight excluding hydrogens is 733 g/mol. The van der Waals surface area contributed by atoms with Crippen LogP contribution in [0.2, 0.25) is 0 Å². The first-order chi connectivity index (χ1) is 12.2. The van der Waals surface area contributed by atoms with E-state index in [4.69, 9.17) is 4.55 Å². The molecule has 0 aliphatic carbocycles. The van der Waals surface area contributed by atoms with Gasteiger partial charge in [0.2, 0.25) is 0 Å². The number of halogens is 5. The lowest BCUT2D eigenvalue weighted by molar-refractivity contribution is -0.143. The molecule has 0 atom stereocenters. The highest BCUT2D eigenvalue weighted by molar-refractivity contribution is 14.1. The van der Waals surface area contributed by atoms with E-state index < -0.39 is 39.8 Å². The Morgan fingerprint density at radius 2 is 1.78 bits per heavy atom. The zero-order valence-electron chi connectivity index (χ0n) is 12.7. The molecule has 1 rings (SSSR count). The predicted molar refractivity (Wildman–Crippen MR) is 114 cm³/mol. The Balaban J connectivity index is 2.69. The van der Waals surface area contributed by atoms with Gasteiger partial charge in [0, 0.05) is 22.9 Å². The molecule has 14 heteroatoms. The van der Waals surface area contributed by atoms with Crippen LogP contribution in [0.1, 0.15) is 10.4 Å². The summed E-state index contributed by atoms with van der Waals surface area (Å²) in [6.45, 7) is -1.94. The van der Waals surface area contributed by atoms with E-state index in [9.17, 15) is 31.6 Å². The molecule has 0 bridgehead atoms. The molecule has 0 radical (unpaired) electrons. The van der Waals surface area contributed by atoms with Gasteiger partial charge < -0.3 is 4.74 Å². The molecule has 0 saturated heterocycles. The number of imide groups is 1. The van der Waals surface area contributed by atoms with E-state index in [1.807, 2.05) is 79.2 Å². The zero-order chi connectivity index (χ0) is 21.0. The Kier molecular flexibility index (Phi) is 8.95. The Morgan fingerprint density at radius 1 is 1.19 bits per heavy atom. The summed E-state index contributed by atoms with van der Waals surface area (Å²) in [6, 6.07) is 3.36. The van der Waals surface area contributed by atoms with E-state index in [1.54, 1.807) is 6.07 Å². The number of alkyl halides is 2. The van der Waals surface area contributed by atoms with Crippen LogP contribution in [0.4, 0.5) is 8.78 Å². The molecule has 0 saturated carbocycles. The quantitative estimate of drug-likeness (QED) is 0.151. The molecule has 0 unspecified atom stereocenters. The molecule has 0 heterocycles. The number of esters is 1. The Labute approximate surface area is 192 Å². The number of amides is 2. The van der Waals surface area contributed by atoms with Crippen LogP contribution in [-0.4, -0.2) is 42.6 Å². The standard InChI is InChI=1S/C13H8F2I3NO7S/c14-13(15,27(23,24)25)5-26-10(21)2-1-9(20)19-12(22)7-3-6(16)4-8(17)11(7)18/h1-4H,5H2,(H,19,20,22)(H,23,24,25)/b2-1+. The normalized spacial score (nSPS) is 12.1. The van der Waals surface area contributed by atoms with E-state index in [0.29, 0.717) is 15.7 Å². The summed E-state index contributed by atoms with van der Waals surface area (Å²) in [5.41, 5.74) is 0.226. The van der Waals surface area contributed by atoms with Crippen LogP contribution in [-0.2, 0) is 24.4 Å². The summed E-state index contributed by atoms with van der Waals surface area (Å²) >= 11 is 5.93. The highest BCUT2D eigenvalue weighted by Gasteiger charge is 2.45. The van der Waals surface area contributed by atoms with E-state index in [0.717, 1.165) is 7.14 Å². The minimum atomic E-state index is -5.75. The van der Waals surface area contributed by atoms with Crippen molar-refractivity contribution in [3.8, 4) is 0 Å². The van der Waals surface area contributed by atoms with Crippen molar-refractivity contribution in [1.29, 1.82) is 0 Å². The van der Waals surface area contributed by atoms with Gasteiger partial charge in [0.05, 0.1) is 5.56 Å². The fraction of sp³-hybridized carbons (Fsp3) is 0.154. The van der Waals surface area contributed by atoms with Crippen molar-refractivity contribution in [2.75, 3.05) is 6.61 Å². The van der Waals surface area contributed by atoms with Crippen LogP contribution in [0.3, 0.4) is 0 Å². The highest BCUT2D eigenvalue weighted by Crippen LogP contribution is 2.23. The van der Waals surface area contributed by atoms with E-state index in [2.05, 4.69) is 4.74 Å². The lowest BCUT2D eigenvalue weighted by Gasteiger charge is -2.11. The maximum absolute atomic E-state index is 12.9. The first-order valence-electron chi connectivity index (χ1n) is 6.44. The van der Waals surface area contributed by atoms with Gasteiger partial charge in [0.15, 0.2) is 6.61 Å². The number of nitrogens with one attached hydrogen (secondary N) is 1. The van der Waals surface area contributed by atoms with Crippen molar-refractivity contribution < 1.29 is 40.9 Å². The lowest BCUT2D eigenvalue weighted by Crippen LogP contribution is -2.34. The van der Waals surface area contributed by atoms with Gasteiger partial charge in [-0.1, -0.05) is 0 Å². The molecule has 0 spiro atoms.